The minimum atomic E-state index is -0.0668. The molecule has 1 saturated heterocycles. The zero-order valence-electron chi connectivity index (χ0n) is 10.1. The van der Waals surface area contributed by atoms with E-state index in [1.165, 1.54) is 6.42 Å². The summed E-state index contributed by atoms with van der Waals surface area (Å²) < 4.78 is 5.40. The van der Waals surface area contributed by atoms with Crippen LogP contribution >= 0.6 is 0 Å². The highest BCUT2D eigenvalue weighted by Gasteiger charge is 2.23. The van der Waals surface area contributed by atoms with Gasteiger partial charge < -0.3 is 10.1 Å². The van der Waals surface area contributed by atoms with Crippen molar-refractivity contribution in [3.05, 3.63) is 0 Å². The number of rotatable bonds is 4. The molecule has 1 aliphatic rings. The van der Waals surface area contributed by atoms with Crippen molar-refractivity contribution in [1.29, 1.82) is 0 Å². The highest BCUT2D eigenvalue weighted by atomic mass is 16.5. The summed E-state index contributed by atoms with van der Waals surface area (Å²) in [5.41, 5.74) is 0. The van der Waals surface area contributed by atoms with Crippen LogP contribution in [0.2, 0.25) is 0 Å². The number of esters is 1. The van der Waals surface area contributed by atoms with Gasteiger partial charge in [0.2, 0.25) is 0 Å². The third kappa shape index (κ3) is 4.65. The van der Waals surface area contributed by atoms with E-state index in [4.69, 9.17) is 4.74 Å². The third-order valence-electron chi connectivity index (χ3n) is 2.72. The molecule has 1 heterocycles. The smallest absolute Gasteiger partial charge is 0.323 e. The van der Waals surface area contributed by atoms with Crippen molar-refractivity contribution in [3.8, 4) is 0 Å². The fourth-order valence-electron chi connectivity index (χ4n) is 2.05. The van der Waals surface area contributed by atoms with Crippen LogP contribution < -0.4 is 5.32 Å². The number of carbonyl (C=O) groups excluding carboxylic acids is 1. The molecule has 0 spiro atoms. The fraction of sp³-hybridized carbons (Fsp3) is 0.917. The van der Waals surface area contributed by atoms with Crippen molar-refractivity contribution in [1.82, 2.24) is 5.32 Å². The van der Waals surface area contributed by atoms with Crippen LogP contribution in [0, 0.1) is 5.92 Å². The molecular formula is C12H23NO2. The van der Waals surface area contributed by atoms with Crippen LogP contribution in [0.25, 0.3) is 0 Å². The van der Waals surface area contributed by atoms with Gasteiger partial charge in [-0.25, -0.2) is 0 Å². The van der Waals surface area contributed by atoms with Gasteiger partial charge in [0.15, 0.2) is 0 Å². The summed E-state index contributed by atoms with van der Waals surface area (Å²) in [5.74, 6) is 0.509. The van der Waals surface area contributed by atoms with E-state index in [0.717, 1.165) is 25.8 Å². The lowest BCUT2D eigenvalue weighted by molar-refractivity contribution is -0.152. The molecule has 1 N–H and O–H groups in total. The van der Waals surface area contributed by atoms with E-state index < -0.39 is 0 Å². The summed E-state index contributed by atoms with van der Waals surface area (Å²) in [6.07, 6.45) is 4.21. The summed E-state index contributed by atoms with van der Waals surface area (Å²) >= 11 is 0. The molecule has 0 aromatic carbocycles. The predicted octanol–water partition coefficient (Wildman–Crippen LogP) is 2.11. The molecule has 88 valence electrons. The Hall–Kier alpha value is -0.570. The maximum Gasteiger partial charge on any atom is 0.323 e. The Labute approximate surface area is 92.6 Å². The maximum atomic E-state index is 11.7. The summed E-state index contributed by atoms with van der Waals surface area (Å²) in [6.45, 7) is 7.20. The zero-order valence-corrected chi connectivity index (χ0v) is 10.1. The second-order valence-corrected chi connectivity index (χ2v) is 4.88. The molecular weight excluding hydrogens is 190 g/mol. The number of nitrogens with one attached hydrogen (secondary N) is 1. The largest absolute Gasteiger partial charge is 0.462 e. The second-order valence-electron chi connectivity index (χ2n) is 4.88. The Morgan fingerprint density at radius 1 is 1.40 bits per heavy atom. The molecule has 1 aliphatic heterocycles. The molecule has 0 bridgehead atoms. The van der Waals surface area contributed by atoms with E-state index >= 15 is 0 Å². The molecule has 1 fully saturated rings. The molecule has 1 unspecified atom stereocenters. The predicted molar refractivity (Wildman–Crippen MR) is 60.7 cm³/mol. The molecule has 1 rings (SSSR count). The summed E-state index contributed by atoms with van der Waals surface area (Å²) in [5, 5.41) is 3.20. The van der Waals surface area contributed by atoms with E-state index in [-0.39, 0.29) is 18.1 Å². The van der Waals surface area contributed by atoms with Crippen molar-refractivity contribution < 1.29 is 9.53 Å². The lowest BCUT2D eigenvalue weighted by Gasteiger charge is -2.24. The Balaban J connectivity index is 2.27. The average molecular weight is 213 g/mol. The first-order valence-electron chi connectivity index (χ1n) is 6.03. The van der Waals surface area contributed by atoms with Gasteiger partial charge in [0.05, 0.1) is 6.10 Å². The van der Waals surface area contributed by atoms with Crippen LogP contribution in [0.4, 0.5) is 0 Å². The zero-order chi connectivity index (χ0) is 11.3. The Morgan fingerprint density at radius 3 is 2.67 bits per heavy atom. The minimum Gasteiger partial charge on any atom is -0.462 e. The molecule has 0 aliphatic carbocycles. The number of hydrogen-bond acceptors (Lipinski definition) is 3. The quantitative estimate of drug-likeness (QED) is 0.727. The van der Waals surface area contributed by atoms with Crippen LogP contribution in [0.15, 0.2) is 0 Å². The molecule has 0 aromatic heterocycles. The van der Waals surface area contributed by atoms with E-state index in [2.05, 4.69) is 19.2 Å². The number of hydrogen-bond donors (Lipinski definition) is 1. The van der Waals surface area contributed by atoms with Crippen molar-refractivity contribution in [2.45, 2.75) is 58.6 Å². The van der Waals surface area contributed by atoms with Gasteiger partial charge in [-0.05, 0) is 38.6 Å². The maximum absolute atomic E-state index is 11.7. The van der Waals surface area contributed by atoms with Gasteiger partial charge in [-0.15, -0.1) is 0 Å². The van der Waals surface area contributed by atoms with Crippen molar-refractivity contribution in [2.24, 2.45) is 5.92 Å². The van der Waals surface area contributed by atoms with Crippen LogP contribution in [0.5, 0.6) is 0 Å². The normalized spacial score (nSPS) is 23.9. The monoisotopic (exact) mass is 213 g/mol. The standard InChI is InChI=1S/C12H23NO2/c1-9(2)8-10(3)15-12(14)11-6-4-5-7-13-11/h9-11,13H,4-8H2,1-3H3/t10?,11-/m1/s1. The lowest BCUT2D eigenvalue weighted by Crippen LogP contribution is -2.42. The first kappa shape index (κ1) is 12.5. The van der Waals surface area contributed by atoms with Crippen LogP contribution in [-0.4, -0.2) is 24.7 Å². The molecule has 15 heavy (non-hydrogen) atoms. The van der Waals surface area contributed by atoms with Crippen molar-refractivity contribution in [3.63, 3.8) is 0 Å². The van der Waals surface area contributed by atoms with E-state index in [1.54, 1.807) is 0 Å². The first-order valence-corrected chi connectivity index (χ1v) is 6.03. The topological polar surface area (TPSA) is 38.3 Å². The Bertz CT molecular complexity index is 198. The average Bonchev–Trinajstić information content (AvgIpc) is 2.17. The summed E-state index contributed by atoms with van der Waals surface area (Å²) in [4.78, 5) is 11.7. The van der Waals surface area contributed by atoms with Gasteiger partial charge in [0, 0.05) is 0 Å². The molecule has 2 atom stereocenters. The van der Waals surface area contributed by atoms with Crippen molar-refractivity contribution >= 4 is 5.97 Å². The Kier molecular flexibility index (Phi) is 5.09. The Morgan fingerprint density at radius 2 is 2.13 bits per heavy atom. The molecule has 0 radical (unpaired) electrons. The van der Waals surface area contributed by atoms with Gasteiger partial charge in [-0.1, -0.05) is 20.3 Å². The highest BCUT2D eigenvalue weighted by Crippen LogP contribution is 2.12. The number of ether oxygens (including phenoxy) is 1. The van der Waals surface area contributed by atoms with E-state index in [0.29, 0.717) is 5.92 Å². The number of carbonyl (C=O) groups is 1. The third-order valence-corrected chi connectivity index (χ3v) is 2.72. The van der Waals surface area contributed by atoms with Gasteiger partial charge >= 0.3 is 5.97 Å². The molecule has 0 amide bonds. The van der Waals surface area contributed by atoms with E-state index in [1.807, 2.05) is 6.92 Å². The van der Waals surface area contributed by atoms with Crippen molar-refractivity contribution in [2.75, 3.05) is 6.54 Å². The van der Waals surface area contributed by atoms with E-state index in [9.17, 15) is 4.79 Å². The summed E-state index contributed by atoms with van der Waals surface area (Å²) in [7, 11) is 0. The van der Waals surface area contributed by atoms with Gasteiger partial charge in [0.1, 0.15) is 6.04 Å². The van der Waals surface area contributed by atoms with Gasteiger partial charge in [-0.3, -0.25) is 4.79 Å². The number of piperidine rings is 1. The van der Waals surface area contributed by atoms with Crippen LogP contribution in [0.3, 0.4) is 0 Å². The molecule has 3 heteroatoms. The van der Waals surface area contributed by atoms with Gasteiger partial charge in [-0.2, -0.15) is 0 Å². The molecule has 0 saturated carbocycles. The summed E-state index contributed by atoms with van der Waals surface area (Å²) in [6, 6.07) is -0.0617. The highest BCUT2D eigenvalue weighted by molar-refractivity contribution is 5.76. The SMILES string of the molecule is CC(C)CC(C)OC(=O)[C@H]1CCCCN1. The lowest BCUT2D eigenvalue weighted by atomic mass is 10.0. The van der Waals surface area contributed by atoms with Crippen LogP contribution in [0.1, 0.15) is 46.5 Å². The molecule has 0 aromatic rings. The van der Waals surface area contributed by atoms with Crippen LogP contribution in [-0.2, 0) is 9.53 Å². The second kappa shape index (κ2) is 6.11. The van der Waals surface area contributed by atoms with Gasteiger partial charge in [0.25, 0.3) is 0 Å². The minimum absolute atomic E-state index is 0.0428. The molecule has 3 nitrogen and oxygen atoms in total. The first-order chi connectivity index (χ1) is 7.09. The fourth-order valence-corrected chi connectivity index (χ4v) is 2.05.